The third kappa shape index (κ3) is 5.73. The van der Waals surface area contributed by atoms with E-state index in [4.69, 9.17) is 16.3 Å². The molecule has 0 aliphatic carbocycles. The van der Waals surface area contributed by atoms with Gasteiger partial charge in [0.15, 0.2) is 0 Å². The molecule has 0 amide bonds. The molecule has 5 rings (SSSR count). The SMILES string of the molecule is Cc1nc2cc(OC(F)(F)F)c(C(F)F)c(C#N)c2c(=O)n1CCOc1ccc(Cl)cc1-c1ccnc2c(C(=O)O)csc12. The molecule has 3 heterocycles. The highest BCUT2D eigenvalue weighted by Gasteiger charge is 2.35. The monoisotopic (exact) mass is 650 g/mol. The number of nitrogens with zero attached hydrogens (tertiary/aromatic N) is 4. The largest absolute Gasteiger partial charge is 0.573 e. The van der Waals surface area contributed by atoms with Gasteiger partial charge in [-0.1, -0.05) is 11.6 Å². The number of aryl methyl sites for hydroxylation is 1. The number of fused-ring (bicyclic) bond motifs is 2. The second-order valence-electron chi connectivity index (χ2n) is 9.11. The van der Waals surface area contributed by atoms with Crippen molar-refractivity contribution in [3.8, 4) is 28.7 Å². The number of hydrogen-bond acceptors (Lipinski definition) is 8. The zero-order valence-electron chi connectivity index (χ0n) is 22.1. The number of ether oxygens (including phenoxy) is 2. The molecule has 1 N–H and O–H groups in total. The zero-order chi connectivity index (χ0) is 31.9. The maximum Gasteiger partial charge on any atom is 0.573 e. The average molecular weight is 651 g/mol. The zero-order valence-corrected chi connectivity index (χ0v) is 23.7. The molecule has 3 aromatic heterocycles. The number of alkyl halides is 5. The number of thiophene rings is 1. The molecule has 0 unspecified atom stereocenters. The van der Waals surface area contributed by atoms with Gasteiger partial charge in [0.2, 0.25) is 0 Å². The molecule has 0 radical (unpaired) electrons. The Morgan fingerprint density at radius 1 is 1.20 bits per heavy atom. The van der Waals surface area contributed by atoms with Gasteiger partial charge in [-0.25, -0.2) is 18.6 Å². The first-order valence-electron chi connectivity index (χ1n) is 12.3. The van der Waals surface area contributed by atoms with E-state index < -0.39 is 52.1 Å². The lowest BCUT2D eigenvalue weighted by Gasteiger charge is -2.18. The van der Waals surface area contributed by atoms with Crippen molar-refractivity contribution in [1.29, 1.82) is 5.26 Å². The molecule has 9 nitrogen and oxygen atoms in total. The van der Waals surface area contributed by atoms with Crippen LogP contribution in [0, 0.1) is 18.3 Å². The molecular formula is C28H16ClF5N4O5S. The Morgan fingerprint density at radius 3 is 2.61 bits per heavy atom. The van der Waals surface area contributed by atoms with Gasteiger partial charge in [0.25, 0.3) is 12.0 Å². The van der Waals surface area contributed by atoms with Gasteiger partial charge in [-0.05, 0) is 31.2 Å². The van der Waals surface area contributed by atoms with E-state index >= 15 is 0 Å². The maximum absolute atomic E-state index is 13.8. The molecule has 44 heavy (non-hydrogen) atoms. The summed E-state index contributed by atoms with van der Waals surface area (Å²) in [6, 6.07) is 8.33. The van der Waals surface area contributed by atoms with Crippen molar-refractivity contribution >= 4 is 50.0 Å². The standard InChI is InChI=1S/C28H16ClF5N4O5S/c1-12-37-18-9-20(43-28(32,33)34)22(25(30)31)16(10-35)21(18)26(39)38(12)6-7-42-19-3-2-13(29)8-15(19)14-4-5-36-23-17(27(40)41)11-44-24(14)23/h2-5,8-9,11,25H,6-7H2,1H3,(H,40,41). The number of hydrogen-bond donors (Lipinski definition) is 1. The fourth-order valence-corrected chi connectivity index (χ4v) is 5.87. The summed E-state index contributed by atoms with van der Waals surface area (Å²) in [5.41, 5.74) is -2.35. The lowest BCUT2D eigenvalue weighted by Crippen LogP contribution is -2.28. The summed E-state index contributed by atoms with van der Waals surface area (Å²) in [6.45, 7) is 0.996. The van der Waals surface area contributed by atoms with Crippen LogP contribution in [-0.2, 0) is 6.54 Å². The summed E-state index contributed by atoms with van der Waals surface area (Å²) < 4.78 is 77.7. The van der Waals surface area contributed by atoms with Gasteiger partial charge >= 0.3 is 12.3 Å². The van der Waals surface area contributed by atoms with E-state index in [9.17, 15) is 41.9 Å². The number of pyridine rings is 1. The average Bonchev–Trinajstić information content (AvgIpc) is 3.38. The predicted molar refractivity (Wildman–Crippen MR) is 150 cm³/mol. The number of carbonyl (C=O) groups is 1. The van der Waals surface area contributed by atoms with Crippen molar-refractivity contribution in [2.75, 3.05) is 6.61 Å². The van der Waals surface area contributed by atoms with Crippen LogP contribution in [0.2, 0.25) is 5.02 Å². The lowest BCUT2D eigenvalue weighted by molar-refractivity contribution is -0.275. The molecule has 0 saturated heterocycles. The van der Waals surface area contributed by atoms with E-state index in [1.54, 1.807) is 24.3 Å². The summed E-state index contributed by atoms with van der Waals surface area (Å²) in [6.07, 6.45) is -7.46. The second kappa shape index (κ2) is 11.7. The summed E-state index contributed by atoms with van der Waals surface area (Å²) in [5, 5.41) is 20.3. The molecule has 0 spiro atoms. The van der Waals surface area contributed by atoms with Crippen LogP contribution in [0.15, 0.2) is 46.7 Å². The van der Waals surface area contributed by atoms with Gasteiger partial charge in [-0.2, -0.15) is 5.26 Å². The summed E-state index contributed by atoms with van der Waals surface area (Å²) in [5.74, 6) is -2.16. The van der Waals surface area contributed by atoms with Crippen molar-refractivity contribution in [2.45, 2.75) is 26.3 Å². The third-order valence-corrected chi connectivity index (χ3v) is 7.72. The van der Waals surface area contributed by atoms with Crippen molar-refractivity contribution < 1.29 is 41.3 Å². The summed E-state index contributed by atoms with van der Waals surface area (Å²) >= 11 is 7.41. The molecule has 0 aliphatic rings. The smallest absolute Gasteiger partial charge is 0.491 e. The molecule has 0 fully saturated rings. The van der Waals surface area contributed by atoms with E-state index in [0.29, 0.717) is 32.7 Å². The fraction of sp³-hybridized carbons (Fsp3) is 0.179. The minimum atomic E-state index is -5.34. The number of aromatic nitrogens is 3. The Kier molecular flexibility index (Phi) is 8.15. The van der Waals surface area contributed by atoms with E-state index in [1.807, 2.05) is 0 Å². The Bertz CT molecular complexity index is 2060. The highest BCUT2D eigenvalue weighted by Crippen LogP contribution is 2.40. The molecule has 2 aromatic carbocycles. The van der Waals surface area contributed by atoms with E-state index in [0.717, 1.165) is 4.57 Å². The van der Waals surface area contributed by atoms with Crippen LogP contribution in [0.1, 0.15) is 33.7 Å². The van der Waals surface area contributed by atoms with E-state index in [2.05, 4.69) is 14.7 Å². The highest BCUT2D eigenvalue weighted by molar-refractivity contribution is 7.18. The molecule has 226 valence electrons. The van der Waals surface area contributed by atoms with Gasteiger partial charge in [0, 0.05) is 33.8 Å². The van der Waals surface area contributed by atoms with Gasteiger partial charge in [0.05, 0.1) is 44.4 Å². The number of rotatable bonds is 8. The van der Waals surface area contributed by atoms with Crippen LogP contribution in [0.5, 0.6) is 11.5 Å². The van der Waals surface area contributed by atoms with E-state index in [-0.39, 0.29) is 30.1 Å². The number of halogens is 6. The van der Waals surface area contributed by atoms with Crippen molar-refractivity contribution in [3.63, 3.8) is 0 Å². The predicted octanol–water partition coefficient (Wildman–Crippen LogP) is 7.12. The number of nitriles is 1. The van der Waals surface area contributed by atoms with E-state index in [1.165, 1.54) is 35.9 Å². The van der Waals surface area contributed by atoms with Crippen LogP contribution in [0.3, 0.4) is 0 Å². The molecule has 0 atom stereocenters. The van der Waals surface area contributed by atoms with Crippen LogP contribution in [-0.4, -0.2) is 38.6 Å². The van der Waals surface area contributed by atoms with Gasteiger partial charge in [0.1, 0.15) is 30.0 Å². The van der Waals surface area contributed by atoms with Crippen LogP contribution in [0.25, 0.3) is 32.2 Å². The first-order chi connectivity index (χ1) is 20.8. The summed E-state index contributed by atoms with van der Waals surface area (Å²) in [7, 11) is 0. The second-order valence-corrected chi connectivity index (χ2v) is 10.4. The van der Waals surface area contributed by atoms with Crippen LogP contribution < -0.4 is 15.0 Å². The minimum Gasteiger partial charge on any atom is -0.491 e. The minimum absolute atomic E-state index is 0.00435. The maximum atomic E-state index is 13.8. The number of aromatic carboxylic acids is 1. The Labute approximate surface area is 252 Å². The van der Waals surface area contributed by atoms with Gasteiger partial charge in [-0.15, -0.1) is 24.5 Å². The van der Waals surface area contributed by atoms with Gasteiger partial charge in [-0.3, -0.25) is 14.3 Å². The Hall–Kier alpha value is -4.81. The van der Waals surface area contributed by atoms with Crippen molar-refractivity contribution in [2.24, 2.45) is 0 Å². The molecule has 0 bridgehead atoms. The molecule has 5 aromatic rings. The van der Waals surface area contributed by atoms with Crippen LogP contribution >= 0.6 is 22.9 Å². The molecule has 0 aliphatic heterocycles. The molecule has 0 saturated carbocycles. The first-order valence-corrected chi connectivity index (χ1v) is 13.6. The van der Waals surface area contributed by atoms with Crippen molar-refractivity contribution in [3.05, 3.63) is 79.8 Å². The number of carboxylic acid groups (broad SMARTS) is 1. The fourth-order valence-electron chi connectivity index (χ4n) is 4.67. The topological polar surface area (TPSA) is 127 Å². The van der Waals surface area contributed by atoms with Crippen molar-refractivity contribution in [1.82, 2.24) is 14.5 Å². The number of benzene rings is 2. The quantitative estimate of drug-likeness (QED) is 0.176. The Morgan fingerprint density at radius 2 is 1.95 bits per heavy atom. The lowest BCUT2D eigenvalue weighted by atomic mass is 10.0. The summed E-state index contributed by atoms with van der Waals surface area (Å²) in [4.78, 5) is 33.3. The van der Waals surface area contributed by atoms with Crippen LogP contribution in [0.4, 0.5) is 22.0 Å². The molecular weight excluding hydrogens is 635 g/mol. The first kappa shape index (κ1) is 30.6. The highest BCUT2D eigenvalue weighted by atomic mass is 35.5. The number of carboxylic acids is 1. The normalized spacial score (nSPS) is 11.7. The molecule has 16 heteroatoms. The third-order valence-electron chi connectivity index (χ3n) is 6.49. The van der Waals surface area contributed by atoms with Gasteiger partial charge < -0.3 is 14.6 Å². The Balaban J connectivity index is 1.52.